The summed E-state index contributed by atoms with van der Waals surface area (Å²) >= 11 is 0. The summed E-state index contributed by atoms with van der Waals surface area (Å²) in [5, 5.41) is 8.61. The van der Waals surface area contributed by atoms with E-state index in [0.717, 1.165) is 19.1 Å². The van der Waals surface area contributed by atoms with E-state index in [2.05, 4.69) is 4.98 Å². The number of oxazole rings is 1. The van der Waals surface area contributed by atoms with E-state index in [1.807, 2.05) is 0 Å². The molecular weight excluding hydrogens is 198 g/mol. The predicted molar refractivity (Wildman–Crippen MR) is 53.3 cm³/mol. The molecule has 84 valence electrons. The second-order valence-corrected chi connectivity index (χ2v) is 3.27. The molecule has 0 saturated heterocycles. The van der Waals surface area contributed by atoms with Crippen LogP contribution in [0.2, 0.25) is 0 Å². The number of nitrogens with two attached hydrogens (primary N) is 2. The van der Waals surface area contributed by atoms with Crippen molar-refractivity contribution in [3.63, 3.8) is 0 Å². The van der Waals surface area contributed by atoms with Gasteiger partial charge in [0.15, 0.2) is 5.69 Å². The first-order valence-electron chi connectivity index (χ1n) is 4.79. The Morgan fingerprint density at radius 2 is 2.33 bits per heavy atom. The third-order valence-corrected chi connectivity index (χ3v) is 2.03. The molecule has 1 rings (SSSR count). The highest BCUT2D eigenvalue weighted by molar-refractivity contribution is 5.84. The molecule has 6 nitrogen and oxygen atoms in total. The first-order chi connectivity index (χ1) is 7.15. The topological polar surface area (TPSA) is 115 Å². The van der Waals surface area contributed by atoms with E-state index in [1.165, 1.54) is 0 Å². The summed E-state index contributed by atoms with van der Waals surface area (Å²) in [6, 6.07) is -0.357. The lowest BCUT2D eigenvalue weighted by atomic mass is 10.1. The molecule has 15 heavy (non-hydrogen) atoms. The molecule has 0 fully saturated rings. The van der Waals surface area contributed by atoms with Crippen molar-refractivity contribution in [2.75, 3.05) is 6.54 Å². The highest BCUT2D eigenvalue weighted by Crippen LogP contribution is 2.15. The highest BCUT2D eigenvalue weighted by Gasteiger charge is 2.15. The van der Waals surface area contributed by atoms with E-state index >= 15 is 0 Å². The molecule has 0 aliphatic rings. The molecule has 1 aromatic rings. The maximum Gasteiger partial charge on any atom is 0.357 e. The van der Waals surface area contributed by atoms with Gasteiger partial charge >= 0.3 is 5.97 Å². The second kappa shape index (κ2) is 5.47. The molecule has 0 unspecified atom stereocenters. The average Bonchev–Trinajstić information content (AvgIpc) is 2.66. The summed E-state index contributed by atoms with van der Waals surface area (Å²) in [5.74, 6) is -0.844. The third kappa shape index (κ3) is 3.34. The fourth-order valence-corrected chi connectivity index (χ4v) is 1.19. The van der Waals surface area contributed by atoms with Gasteiger partial charge in [-0.3, -0.25) is 0 Å². The number of hydrogen-bond acceptors (Lipinski definition) is 5. The zero-order valence-electron chi connectivity index (χ0n) is 8.35. The lowest BCUT2D eigenvalue weighted by Crippen LogP contribution is -2.12. The standard InChI is InChI=1S/C9H15N3O3/c10-4-2-1-3-6(11)8-12-7(5-15-8)9(13)14/h5-6H,1-4,10-11H2,(H,13,14)/t6-/m0/s1. The van der Waals surface area contributed by atoms with Crippen molar-refractivity contribution < 1.29 is 14.3 Å². The Morgan fingerprint density at radius 1 is 1.60 bits per heavy atom. The first kappa shape index (κ1) is 11.7. The summed E-state index contributed by atoms with van der Waals surface area (Å²) in [6.07, 6.45) is 3.56. The minimum atomic E-state index is -1.11. The summed E-state index contributed by atoms with van der Waals surface area (Å²) in [5.41, 5.74) is 11.0. The van der Waals surface area contributed by atoms with Gasteiger partial charge < -0.3 is 21.0 Å². The van der Waals surface area contributed by atoms with Crippen molar-refractivity contribution in [2.24, 2.45) is 11.5 Å². The van der Waals surface area contributed by atoms with Crippen LogP contribution in [0.1, 0.15) is 41.7 Å². The quantitative estimate of drug-likeness (QED) is 0.592. The van der Waals surface area contributed by atoms with E-state index < -0.39 is 5.97 Å². The lowest BCUT2D eigenvalue weighted by Gasteiger charge is -2.05. The number of hydrogen-bond donors (Lipinski definition) is 3. The van der Waals surface area contributed by atoms with Crippen LogP contribution in [0.15, 0.2) is 10.7 Å². The number of rotatable bonds is 6. The van der Waals surface area contributed by atoms with Crippen LogP contribution < -0.4 is 11.5 Å². The fraction of sp³-hybridized carbons (Fsp3) is 0.556. The Balaban J connectivity index is 2.50. The molecule has 5 N–H and O–H groups in total. The molecule has 1 heterocycles. The molecule has 0 bridgehead atoms. The van der Waals surface area contributed by atoms with Crippen LogP contribution in [-0.4, -0.2) is 22.6 Å². The second-order valence-electron chi connectivity index (χ2n) is 3.27. The van der Waals surface area contributed by atoms with Crippen molar-refractivity contribution in [1.82, 2.24) is 4.98 Å². The number of unbranched alkanes of at least 4 members (excludes halogenated alkanes) is 1. The number of aromatic nitrogens is 1. The molecule has 0 spiro atoms. The van der Waals surface area contributed by atoms with Crippen LogP contribution in [0.4, 0.5) is 0 Å². The summed E-state index contributed by atoms with van der Waals surface area (Å²) < 4.78 is 4.97. The minimum absolute atomic E-state index is 0.112. The van der Waals surface area contributed by atoms with Gasteiger partial charge in [0.05, 0.1) is 6.04 Å². The van der Waals surface area contributed by atoms with Crippen LogP contribution in [0, 0.1) is 0 Å². The third-order valence-electron chi connectivity index (χ3n) is 2.03. The smallest absolute Gasteiger partial charge is 0.357 e. The summed E-state index contributed by atoms with van der Waals surface area (Å²) in [6.45, 7) is 0.624. The minimum Gasteiger partial charge on any atom is -0.476 e. The Morgan fingerprint density at radius 3 is 2.87 bits per heavy atom. The zero-order chi connectivity index (χ0) is 11.3. The zero-order valence-corrected chi connectivity index (χ0v) is 8.35. The number of carboxylic acid groups (broad SMARTS) is 1. The van der Waals surface area contributed by atoms with Crippen molar-refractivity contribution in [3.05, 3.63) is 17.8 Å². The van der Waals surface area contributed by atoms with Crippen molar-refractivity contribution in [3.8, 4) is 0 Å². The number of carbonyl (C=O) groups is 1. The fourth-order valence-electron chi connectivity index (χ4n) is 1.19. The molecule has 0 radical (unpaired) electrons. The molecule has 0 amide bonds. The summed E-state index contributed by atoms with van der Waals surface area (Å²) in [7, 11) is 0. The lowest BCUT2D eigenvalue weighted by molar-refractivity contribution is 0.0690. The van der Waals surface area contributed by atoms with Crippen LogP contribution in [0.3, 0.4) is 0 Å². The SMILES string of the molecule is NCCCC[C@H](N)c1nc(C(=O)O)co1. The first-order valence-corrected chi connectivity index (χ1v) is 4.79. The molecule has 0 aromatic carbocycles. The van der Waals surface area contributed by atoms with Crippen molar-refractivity contribution in [2.45, 2.75) is 25.3 Å². The van der Waals surface area contributed by atoms with Gasteiger partial charge in [-0.25, -0.2) is 9.78 Å². The van der Waals surface area contributed by atoms with Gasteiger partial charge in [-0.05, 0) is 19.4 Å². The molecule has 0 aliphatic carbocycles. The number of carboxylic acids is 1. The van der Waals surface area contributed by atoms with E-state index in [1.54, 1.807) is 0 Å². The molecule has 6 heteroatoms. The van der Waals surface area contributed by atoms with Crippen LogP contribution >= 0.6 is 0 Å². The van der Waals surface area contributed by atoms with E-state index in [4.69, 9.17) is 21.0 Å². The largest absolute Gasteiger partial charge is 0.476 e. The Bertz CT molecular complexity index is 324. The highest BCUT2D eigenvalue weighted by atomic mass is 16.4. The molecular formula is C9H15N3O3. The number of nitrogens with zero attached hydrogens (tertiary/aromatic N) is 1. The van der Waals surface area contributed by atoms with Gasteiger partial charge in [-0.15, -0.1) is 0 Å². The van der Waals surface area contributed by atoms with Gasteiger partial charge in [0.25, 0.3) is 0 Å². The van der Waals surface area contributed by atoms with Gasteiger partial charge in [0.2, 0.25) is 5.89 Å². The van der Waals surface area contributed by atoms with Gasteiger partial charge in [-0.1, -0.05) is 6.42 Å². The van der Waals surface area contributed by atoms with Crippen molar-refractivity contribution in [1.29, 1.82) is 0 Å². The Kier molecular flexibility index (Phi) is 4.26. The van der Waals surface area contributed by atoms with E-state index in [0.29, 0.717) is 13.0 Å². The van der Waals surface area contributed by atoms with Gasteiger partial charge in [0, 0.05) is 0 Å². The number of aromatic carboxylic acids is 1. The molecule has 0 saturated carbocycles. The monoisotopic (exact) mass is 213 g/mol. The molecule has 1 aromatic heterocycles. The summed E-state index contributed by atoms with van der Waals surface area (Å²) in [4.78, 5) is 14.3. The van der Waals surface area contributed by atoms with E-state index in [-0.39, 0.29) is 17.6 Å². The van der Waals surface area contributed by atoms with Gasteiger partial charge in [0.1, 0.15) is 6.26 Å². The normalized spacial score (nSPS) is 12.7. The van der Waals surface area contributed by atoms with Crippen LogP contribution in [0.25, 0.3) is 0 Å². The van der Waals surface area contributed by atoms with Crippen molar-refractivity contribution >= 4 is 5.97 Å². The van der Waals surface area contributed by atoms with Gasteiger partial charge in [-0.2, -0.15) is 0 Å². The maximum absolute atomic E-state index is 10.5. The van der Waals surface area contributed by atoms with Crippen LogP contribution in [0.5, 0.6) is 0 Å². The maximum atomic E-state index is 10.5. The molecule has 1 atom stereocenters. The predicted octanol–water partition coefficient (Wildman–Crippen LogP) is 0.502. The molecule has 0 aliphatic heterocycles. The Labute approximate surface area is 87.3 Å². The van der Waals surface area contributed by atoms with E-state index in [9.17, 15) is 4.79 Å². The van der Waals surface area contributed by atoms with Crippen LogP contribution in [-0.2, 0) is 0 Å². The average molecular weight is 213 g/mol. The Hall–Kier alpha value is -1.40.